The van der Waals surface area contributed by atoms with Crippen LogP contribution in [0, 0.1) is 5.41 Å². The van der Waals surface area contributed by atoms with E-state index in [-0.39, 0.29) is 16.8 Å². The lowest BCUT2D eigenvalue weighted by Gasteiger charge is -2.14. The first-order chi connectivity index (χ1) is 8.15. The molecule has 0 aliphatic heterocycles. The Kier molecular flexibility index (Phi) is 3.62. The van der Waals surface area contributed by atoms with E-state index >= 15 is 0 Å². The molecule has 1 N–H and O–H groups in total. The molecule has 1 fully saturated rings. The predicted molar refractivity (Wildman–Crippen MR) is 66.0 cm³/mol. The minimum absolute atomic E-state index is 0.192. The van der Waals surface area contributed by atoms with E-state index in [1.165, 1.54) is 31.7 Å². The molecule has 17 heavy (non-hydrogen) atoms. The van der Waals surface area contributed by atoms with Crippen molar-refractivity contribution in [3.8, 4) is 0 Å². The highest BCUT2D eigenvalue weighted by Gasteiger charge is 2.41. The van der Waals surface area contributed by atoms with E-state index in [1.54, 1.807) is 0 Å². The summed E-state index contributed by atoms with van der Waals surface area (Å²) in [5, 5.41) is 3.16. The van der Waals surface area contributed by atoms with Crippen molar-refractivity contribution in [3.63, 3.8) is 0 Å². The first-order valence-corrected chi connectivity index (χ1v) is 6.29. The molecule has 5 heteroatoms. The molecule has 0 spiro atoms. The Morgan fingerprint density at radius 1 is 1.53 bits per heavy atom. The van der Waals surface area contributed by atoms with Crippen molar-refractivity contribution in [1.29, 1.82) is 0 Å². The first-order valence-electron chi connectivity index (χ1n) is 5.91. The van der Waals surface area contributed by atoms with Crippen molar-refractivity contribution < 1.29 is 4.79 Å². The molecule has 1 aliphatic rings. The van der Waals surface area contributed by atoms with Crippen molar-refractivity contribution in [3.05, 3.63) is 23.2 Å². The van der Waals surface area contributed by atoms with Crippen LogP contribution in [-0.4, -0.2) is 22.4 Å². The van der Waals surface area contributed by atoms with Gasteiger partial charge in [0.1, 0.15) is 10.8 Å². The van der Waals surface area contributed by atoms with Crippen LogP contribution >= 0.6 is 11.6 Å². The van der Waals surface area contributed by atoms with E-state index in [2.05, 4.69) is 22.2 Å². The first kappa shape index (κ1) is 12.3. The molecule has 0 bridgehead atoms. The smallest absolute Gasteiger partial charge is 0.271 e. The van der Waals surface area contributed by atoms with Crippen LogP contribution in [0.2, 0.25) is 5.15 Å². The van der Waals surface area contributed by atoms with Crippen molar-refractivity contribution >= 4 is 17.5 Å². The molecule has 1 heterocycles. The molecule has 1 saturated carbocycles. The number of nitrogens with one attached hydrogen (secondary N) is 1. The number of aromatic nitrogens is 2. The number of amides is 1. The molecule has 0 unspecified atom stereocenters. The number of halogens is 1. The number of nitrogens with zero attached hydrogens (tertiary/aromatic N) is 2. The Bertz CT molecular complexity index is 418. The third kappa shape index (κ3) is 3.16. The third-order valence-corrected chi connectivity index (χ3v) is 3.38. The van der Waals surface area contributed by atoms with Gasteiger partial charge in [-0.1, -0.05) is 24.9 Å². The van der Waals surface area contributed by atoms with E-state index < -0.39 is 0 Å². The lowest BCUT2D eigenvalue weighted by molar-refractivity contribution is 0.0938. The van der Waals surface area contributed by atoms with Gasteiger partial charge in [-0.05, 0) is 24.7 Å². The summed E-state index contributed by atoms with van der Waals surface area (Å²) >= 11 is 5.69. The molecule has 0 radical (unpaired) electrons. The summed E-state index contributed by atoms with van der Waals surface area (Å²) in [6.45, 7) is 2.90. The Balaban J connectivity index is 1.90. The molecule has 4 nitrogen and oxygen atoms in total. The van der Waals surface area contributed by atoms with Gasteiger partial charge in [0.2, 0.25) is 0 Å². The number of hydrogen-bond donors (Lipinski definition) is 1. The number of hydrogen-bond acceptors (Lipinski definition) is 3. The molecular formula is C12H16ClN3O. The molecule has 1 amide bonds. The predicted octanol–water partition coefficient (Wildman–Crippen LogP) is 2.44. The maximum Gasteiger partial charge on any atom is 0.271 e. The van der Waals surface area contributed by atoms with Gasteiger partial charge < -0.3 is 5.32 Å². The van der Waals surface area contributed by atoms with Crippen LogP contribution in [0.5, 0.6) is 0 Å². The van der Waals surface area contributed by atoms with E-state index in [4.69, 9.17) is 11.6 Å². The summed E-state index contributed by atoms with van der Waals surface area (Å²) in [6, 6.07) is 0. The highest BCUT2D eigenvalue weighted by atomic mass is 35.5. The van der Waals surface area contributed by atoms with Crippen LogP contribution in [0.3, 0.4) is 0 Å². The number of carbonyl (C=O) groups excluding carboxylic acids is 1. The van der Waals surface area contributed by atoms with Gasteiger partial charge in [-0.2, -0.15) is 0 Å². The zero-order valence-corrected chi connectivity index (χ0v) is 10.6. The molecule has 1 aliphatic carbocycles. The average molecular weight is 254 g/mol. The average Bonchev–Trinajstić information content (AvgIpc) is 3.07. The van der Waals surface area contributed by atoms with E-state index in [1.807, 2.05) is 0 Å². The zero-order chi connectivity index (χ0) is 12.3. The SMILES string of the molecule is CCCC1(CNC(=O)c2cncc(Cl)n2)CC1. The Hall–Kier alpha value is -1.16. The minimum atomic E-state index is -0.192. The fraction of sp³-hybridized carbons (Fsp3) is 0.583. The van der Waals surface area contributed by atoms with E-state index in [0.717, 1.165) is 13.0 Å². The van der Waals surface area contributed by atoms with Gasteiger partial charge in [-0.25, -0.2) is 4.98 Å². The quantitative estimate of drug-likeness (QED) is 0.877. The third-order valence-electron chi connectivity index (χ3n) is 3.20. The standard InChI is InChI=1S/C12H16ClN3O/c1-2-3-12(4-5-12)8-15-11(17)9-6-14-7-10(13)16-9/h6-7H,2-5,8H2,1H3,(H,15,17). The summed E-state index contributed by atoms with van der Waals surface area (Å²) in [5.41, 5.74) is 0.626. The summed E-state index contributed by atoms with van der Waals surface area (Å²) in [5.74, 6) is -0.192. The van der Waals surface area contributed by atoms with Crippen LogP contribution in [0.4, 0.5) is 0 Å². The fourth-order valence-corrected chi connectivity index (χ4v) is 2.18. The molecule has 0 saturated heterocycles. The van der Waals surface area contributed by atoms with Crippen molar-refractivity contribution in [2.45, 2.75) is 32.6 Å². The summed E-state index contributed by atoms with van der Waals surface area (Å²) in [7, 11) is 0. The van der Waals surface area contributed by atoms with Crippen LogP contribution in [-0.2, 0) is 0 Å². The molecule has 1 aromatic heterocycles. The van der Waals surface area contributed by atoms with Crippen LogP contribution < -0.4 is 5.32 Å². The van der Waals surface area contributed by atoms with Gasteiger partial charge in [-0.3, -0.25) is 9.78 Å². The monoisotopic (exact) mass is 253 g/mol. The molecule has 0 atom stereocenters. The Morgan fingerprint density at radius 2 is 2.29 bits per heavy atom. The van der Waals surface area contributed by atoms with Gasteiger partial charge in [-0.15, -0.1) is 0 Å². The molecule has 92 valence electrons. The lowest BCUT2D eigenvalue weighted by Crippen LogP contribution is -2.30. The van der Waals surface area contributed by atoms with Gasteiger partial charge in [0.25, 0.3) is 5.91 Å². The van der Waals surface area contributed by atoms with Crippen molar-refractivity contribution in [2.75, 3.05) is 6.54 Å². The van der Waals surface area contributed by atoms with Crippen LogP contribution in [0.1, 0.15) is 43.1 Å². The zero-order valence-electron chi connectivity index (χ0n) is 9.87. The molecular weight excluding hydrogens is 238 g/mol. The highest BCUT2D eigenvalue weighted by Crippen LogP contribution is 2.48. The molecule has 0 aromatic carbocycles. The van der Waals surface area contributed by atoms with Gasteiger partial charge in [0.15, 0.2) is 0 Å². The minimum Gasteiger partial charge on any atom is -0.350 e. The second-order valence-corrected chi connectivity index (χ2v) is 5.05. The Morgan fingerprint density at radius 3 is 2.88 bits per heavy atom. The van der Waals surface area contributed by atoms with Crippen LogP contribution in [0.25, 0.3) is 0 Å². The van der Waals surface area contributed by atoms with Gasteiger partial charge >= 0.3 is 0 Å². The van der Waals surface area contributed by atoms with E-state index in [9.17, 15) is 4.79 Å². The van der Waals surface area contributed by atoms with Gasteiger partial charge in [0.05, 0.1) is 12.4 Å². The molecule has 2 rings (SSSR count). The summed E-state index contributed by atoms with van der Waals surface area (Å²) in [4.78, 5) is 19.6. The van der Waals surface area contributed by atoms with Crippen LogP contribution in [0.15, 0.2) is 12.4 Å². The topological polar surface area (TPSA) is 54.9 Å². The largest absolute Gasteiger partial charge is 0.350 e. The normalized spacial score (nSPS) is 16.6. The second kappa shape index (κ2) is 5.00. The lowest BCUT2D eigenvalue weighted by atomic mass is 10.0. The van der Waals surface area contributed by atoms with Crippen molar-refractivity contribution in [2.24, 2.45) is 5.41 Å². The van der Waals surface area contributed by atoms with E-state index in [0.29, 0.717) is 5.41 Å². The maximum atomic E-state index is 11.8. The molecule has 1 aromatic rings. The van der Waals surface area contributed by atoms with Gasteiger partial charge in [0, 0.05) is 6.54 Å². The fourth-order valence-electron chi connectivity index (χ4n) is 2.03. The number of carbonyl (C=O) groups is 1. The maximum absolute atomic E-state index is 11.8. The number of rotatable bonds is 5. The summed E-state index contributed by atoms with van der Waals surface area (Å²) in [6.07, 6.45) is 7.60. The summed E-state index contributed by atoms with van der Waals surface area (Å²) < 4.78 is 0. The highest BCUT2D eigenvalue weighted by molar-refractivity contribution is 6.29. The second-order valence-electron chi connectivity index (χ2n) is 4.66. The van der Waals surface area contributed by atoms with Crippen molar-refractivity contribution in [1.82, 2.24) is 15.3 Å². The Labute approximate surface area is 106 Å².